The van der Waals surface area contributed by atoms with Crippen LogP contribution >= 0.6 is 0 Å². The van der Waals surface area contributed by atoms with Crippen LogP contribution < -0.4 is 14.5 Å². The summed E-state index contributed by atoms with van der Waals surface area (Å²) in [5.41, 5.74) is -4.06. The van der Waals surface area contributed by atoms with Gasteiger partial charge in [-0.25, -0.2) is 4.98 Å². The van der Waals surface area contributed by atoms with Crippen molar-refractivity contribution in [3.8, 4) is 17.2 Å². The van der Waals surface area contributed by atoms with Gasteiger partial charge < -0.3 is 13.5 Å². The molecule has 0 bridgehead atoms. The minimum absolute atomic E-state index is 0.112. The van der Waals surface area contributed by atoms with Gasteiger partial charge >= 0.3 is 15.6 Å². The van der Waals surface area contributed by atoms with Crippen molar-refractivity contribution in [1.82, 2.24) is 4.98 Å². The largest absolute Gasteiger partial charge is 0.534 e. The summed E-state index contributed by atoms with van der Waals surface area (Å²) in [6, 6.07) is 9.82. The zero-order valence-corrected chi connectivity index (χ0v) is 17.7. The van der Waals surface area contributed by atoms with Crippen molar-refractivity contribution < 1.29 is 30.2 Å². The average Bonchev–Trinajstić information content (AvgIpc) is 2.72. The molecule has 0 N–H and O–H groups in total. The summed E-state index contributed by atoms with van der Waals surface area (Å²) in [4.78, 5) is 19.1. The Morgan fingerprint density at radius 1 is 1.03 bits per heavy atom. The molecule has 0 unspecified atom stereocenters. The second-order valence-corrected chi connectivity index (χ2v) is 8.49. The van der Waals surface area contributed by atoms with Crippen molar-refractivity contribution in [3.05, 3.63) is 52.7 Å². The van der Waals surface area contributed by atoms with Gasteiger partial charge in [0.05, 0.1) is 0 Å². The monoisotopic (exact) mass is 466 g/mol. The SMILES string of the molecule is CCN(CC)c1ccc2nc3c4cc(OS(=O)(=O)C(F)(F)F)ccc4c(=O)cc-3oc2c1. The number of nitrogens with zero attached hydrogens (tertiary/aromatic N) is 2. The van der Waals surface area contributed by atoms with Crippen molar-refractivity contribution in [2.75, 3.05) is 18.0 Å². The van der Waals surface area contributed by atoms with Gasteiger partial charge in [-0.3, -0.25) is 4.79 Å². The summed E-state index contributed by atoms with van der Waals surface area (Å²) in [5, 5.41) is 0.247. The van der Waals surface area contributed by atoms with E-state index in [0.29, 0.717) is 11.1 Å². The third kappa shape index (κ3) is 3.72. The number of hydrogen-bond donors (Lipinski definition) is 0. The lowest BCUT2D eigenvalue weighted by molar-refractivity contribution is -0.0500. The smallest absolute Gasteiger partial charge is 0.453 e. The summed E-state index contributed by atoms with van der Waals surface area (Å²) < 4.78 is 70.8. The molecule has 7 nitrogen and oxygen atoms in total. The zero-order valence-electron chi connectivity index (χ0n) is 16.9. The number of anilines is 1. The van der Waals surface area contributed by atoms with Crippen LogP contribution in [0.5, 0.6) is 5.75 Å². The molecule has 0 spiro atoms. The summed E-state index contributed by atoms with van der Waals surface area (Å²) >= 11 is 0. The first-order chi connectivity index (χ1) is 15.0. The quantitative estimate of drug-likeness (QED) is 0.185. The molecule has 1 heterocycles. The van der Waals surface area contributed by atoms with E-state index in [2.05, 4.69) is 14.1 Å². The molecule has 1 aliphatic carbocycles. The number of alkyl halides is 3. The first-order valence-electron chi connectivity index (χ1n) is 9.61. The van der Waals surface area contributed by atoms with E-state index < -0.39 is 26.8 Å². The van der Waals surface area contributed by atoms with E-state index in [-0.39, 0.29) is 22.2 Å². The Morgan fingerprint density at radius 2 is 1.75 bits per heavy atom. The lowest BCUT2D eigenvalue weighted by atomic mass is 10.0. The lowest BCUT2D eigenvalue weighted by Gasteiger charge is -2.21. The van der Waals surface area contributed by atoms with Crippen LogP contribution in [0, 0.1) is 0 Å². The molecular weight excluding hydrogens is 449 g/mol. The number of aromatic nitrogens is 1. The Bertz CT molecular complexity index is 1460. The number of rotatable bonds is 5. The van der Waals surface area contributed by atoms with Crippen LogP contribution in [0.4, 0.5) is 18.9 Å². The minimum Gasteiger partial charge on any atom is -0.453 e. The van der Waals surface area contributed by atoms with Crippen molar-refractivity contribution in [2.45, 2.75) is 19.4 Å². The van der Waals surface area contributed by atoms with Gasteiger partial charge in [-0.15, -0.1) is 0 Å². The molecule has 0 atom stereocenters. The Hall–Kier alpha value is -3.34. The van der Waals surface area contributed by atoms with Crippen LogP contribution in [0.3, 0.4) is 0 Å². The van der Waals surface area contributed by atoms with Gasteiger partial charge in [0.2, 0.25) is 0 Å². The van der Waals surface area contributed by atoms with E-state index in [4.69, 9.17) is 4.42 Å². The van der Waals surface area contributed by atoms with Crippen molar-refractivity contribution in [1.29, 1.82) is 0 Å². The van der Waals surface area contributed by atoms with Gasteiger partial charge in [0.15, 0.2) is 16.8 Å². The van der Waals surface area contributed by atoms with Gasteiger partial charge in [-0.2, -0.15) is 21.6 Å². The third-order valence-electron chi connectivity index (χ3n) is 5.02. The van der Waals surface area contributed by atoms with E-state index in [9.17, 15) is 26.4 Å². The molecule has 1 aliphatic heterocycles. The summed E-state index contributed by atoms with van der Waals surface area (Å²) in [6.07, 6.45) is 0. The fourth-order valence-electron chi connectivity index (χ4n) is 3.45. The first kappa shape index (κ1) is 21.9. The van der Waals surface area contributed by atoms with E-state index in [1.165, 1.54) is 12.1 Å². The van der Waals surface area contributed by atoms with Gasteiger partial charge in [0.25, 0.3) is 0 Å². The highest BCUT2D eigenvalue weighted by atomic mass is 32.2. The second kappa shape index (κ2) is 7.66. The van der Waals surface area contributed by atoms with E-state index >= 15 is 0 Å². The number of benzene rings is 3. The van der Waals surface area contributed by atoms with Crippen molar-refractivity contribution in [2.24, 2.45) is 0 Å². The Morgan fingerprint density at radius 3 is 2.41 bits per heavy atom. The van der Waals surface area contributed by atoms with Crippen LogP contribution in [0.15, 0.2) is 51.7 Å². The number of fused-ring (bicyclic) bond motifs is 4. The molecule has 2 aliphatic rings. The average molecular weight is 466 g/mol. The van der Waals surface area contributed by atoms with E-state index in [1.807, 2.05) is 19.9 Å². The van der Waals surface area contributed by atoms with E-state index in [1.54, 1.807) is 12.1 Å². The molecule has 2 aromatic rings. The Kier molecular flexibility index (Phi) is 5.24. The summed E-state index contributed by atoms with van der Waals surface area (Å²) in [7, 11) is -5.86. The molecule has 0 radical (unpaired) electrons. The normalized spacial score (nSPS) is 12.5. The lowest BCUT2D eigenvalue weighted by Crippen LogP contribution is -2.28. The first-order valence-corrected chi connectivity index (χ1v) is 11.0. The molecule has 0 amide bonds. The number of halogens is 3. The molecule has 32 heavy (non-hydrogen) atoms. The fraction of sp³-hybridized carbons (Fsp3) is 0.238. The predicted octanol–water partition coefficient (Wildman–Crippen LogP) is 4.52. The molecule has 11 heteroatoms. The predicted molar refractivity (Wildman–Crippen MR) is 114 cm³/mol. The van der Waals surface area contributed by atoms with E-state index in [0.717, 1.165) is 30.9 Å². The maximum Gasteiger partial charge on any atom is 0.534 e. The topological polar surface area (TPSA) is 89.7 Å². The molecule has 2 aromatic carbocycles. The minimum atomic E-state index is -5.86. The van der Waals surface area contributed by atoms with Gasteiger partial charge in [-0.05, 0) is 44.2 Å². The van der Waals surface area contributed by atoms with Crippen LogP contribution in [0.25, 0.3) is 33.3 Å². The Labute approximate surface area is 180 Å². The third-order valence-corrected chi connectivity index (χ3v) is 6.00. The van der Waals surface area contributed by atoms with Gasteiger partial charge in [0, 0.05) is 41.7 Å². The van der Waals surface area contributed by atoms with Crippen LogP contribution in [-0.4, -0.2) is 32.0 Å². The van der Waals surface area contributed by atoms with Gasteiger partial charge in [0.1, 0.15) is 17.0 Å². The molecule has 4 rings (SSSR count). The number of hydrogen-bond acceptors (Lipinski definition) is 7. The molecule has 0 fully saturated rings. The summed E-state index contributed by atoms with van der Waals surface area (Å²) in [6.45, 7) is 5.58. The van der Waals surface area contributed by atoms with Crippen LogP contribution in [0.1, 0.15) is 13.8 Å². The Balaban J connectivity index is 1.91. The molecule has 0 saturated heterocycles. The van der Waals surface area contributed by atoms with Crippen molar-refractivity contribution >= 4 is 37.7 Å². The maximum atomic E-state index is 12.7. The zero-order chi connectivity index (χ0) is 23.3. The molecule has 168 valence electrons. The highest BCUT2D eigenvalue weighted by Gasteiger charge is 2.48. The second-order valence-electron chi connectivity index (χ2n) is 6.95. The summed E-state index contributed by atoms with van der Waals surface area (Å²) in [5.74, 6) is -0.483. The molecule has 0 saturated carbocycles. The van der Waals surface area contributed by atoms with Gasteiger partial charge in [-0.1, -0.05) is 0 Å². The van der Waals surface area contributed by atoms with Crippen LogP contribution in [-0.2, 0) is 10.1 Å². The highest BCUT2D eigenvalue weighted by molar-refractivity contribution is 7.88. The molecular formula is C21H17F3N2O5S. The maximum absolute atomic E-state index is 12.7. The standard InChI is InChI=1S/C21H17F3N2O5S/c1-3-26(4-2)12-5-8-16-18(9-12)30-19-11-17(27)14-7-6-13(10-15(14)20(19)25-16)31-32(28,29)21(22,23)24/h5-11H,3-4H2,1-2H3. The molecule has 0 aromatic heterocycles. The fourth-order valence-corrected chi connectivity index (χ4v) is 3.90. The van der Waals surface area contributed by atoms with Crippen molar-refractivity contribution in [3.63, 3.8) is 0 Å². The highest BCUT2D eigenvalue weighted by Crippen LogP contribution is 2.34. The van der Waals surface area contributed by atoms with Crippen LogP contribution in [0.2, 0.25) is 0 Å².